The molecule has 58 valence electrons. The number of carbonyl (C=O) groups excluding carboxylic acids is 1. The molecule has 3 heteroatoms. The van der Waals surface area contributed by atoms with E-state index in [1.807, 2.05) is 6.92 Å². The zero-order valence-corrected chi connectivity index (χ0v) is 6.26. The van der Waals surface area contributed by atoms with Gasteiger partial charge in [0.25, 0.3) is 0 Å². The maximum Gasteiger partial charge on any atom is 0.316 e. The summed E-state index contributed by atoms with van der Waals surface area (Å²) in [6.45, 7) is 3.29. The van der Waals surface area contributed by atoms with Crippen LogP contribution in [0.4, 0.5) is 0 Å². The minimum absolute atomic E-state index is 0.409. The second kappa shape index (κ2) is 3.34. The third-order valence-electron chi connectivity index (χ3n) is 1.52. The van der Waals surface area contributed by atoms with E-state index in [1.54, 1.807) is 0 Å². The number of hydrogen-bond donors (Lipinski definition) is 1. The Morgan fingerprint density at radius 2 is 2.20 bits per heavy atom. The summed E-state index contributed by atoms with van der Waals surface area (Å²) in [6, 6.07) is 0. The molecule has 0 heterocycles. The van der Waals surface area contributed by atoms with E-state index in [2.05, 4.69) is 0 Å². The second-order valence-corrected chi connectivity index (χ2v) is 2.59. The first-order valence-electron chi connectivity index (χ1n) is 3.26. The van der Waals surface area contributed by atoms with Gasteiger partial charge in [0.15, 0.2) is 0 Å². The summed E-state index contributed by atoms with van der Waals surface area (Å²) in [5.41, 5.74) is -1.17. The largest absolute Gasteiger partial charge is 0.481 e. The third-order valence-corrected chi connectivity index (χ3v) is 1.52. The number of carbonyl (C=O) groups is 2. The lowest BCUT2D eigenvalue weighted by atomic mass is 9.88. The summed E-state index contributed by atoms with van der Waals surface area (Å²) in [4.78, 5) is 20.7. The Bertz CT molecular complexity index is 142. The monoisotopic (exact) mass is 144 g/mol. The Hall–Kier alpha value is -0.860. The van der Waals surface area contributed by atoms with Crippen molar-refractivity contribution in [2.45, 2.75) is 26.7 Å². The fraction of sp³-hybridized carbons (Fsp3) is 0.714. The number of carboxylic acid groups (broad SMARTS) is 1. The number of aliphatic carboxylic acids is 1. The minimum atomic E-state index is -1.17. The van der Waals surface area contributed by atoms with Crippen molar-refractivity contribution in [1.82, 2.24) is 0 Å². The summed E-state index contributed by atoms with van der Waals surface area (Å²) in [6.07, 6.45) is 1.62. The lowest BCUT2D eigenvalue weighted by molar-refractivity contribution is -0.150. The number of hydrogen-bond acceptors (Lipinski definition) is 2. The van der Waals surface area contributed by atoms with E-state index in [0.29, 0.717) is 19.1 Å². The predicted octanol–water partition coefficient (Wildman–Crippen LogP) is 1.08. The third kappa shape index (κ3) is 1.83. The van der Waals surface area contributed by atoms with E-state index in [1.165, 1.54) is 6.92 Å². The minimum Gasteiger partial charge on any atom is -0.481 e. The zero-order chi connectivity index (χ0) is 8.20. The molecule has 0 aromatic rings. The van der Waals surface area contributed by atoms with Gasteiger partial charge in [-0.3, -0.25) is 4.79 Å². The molecule has 1 unspecified atom stereocenters. The van der Waals surface area contributed by atoms with E-state index >= 15 is 0 Å². The van der Waals surface area contributed by atoms with Gasteiger partial charge in [-0.1, -0.05) is 13.3 Å². The van der Waals surface area contributed by atoms with Crippen LogP contribution in [0.2, 0.25) is 0 Å². The lowest BCUT2D eigenvalue weighted by Crippen LogP contribution is -2.28. The molecule has 0 radical (unpaired) electrons. The molecule has 0 aliphatic carbocycles. The molecular formula is C7H12O3. The molecule has 0 aromatic carbocycles. The highest BCUT2D eigenvalue weighted by Gasteiger charge is 2.31. The van der Waals surface area contributed by atoms with E-state index in [0.717, 1.165) is 0 Å². The van der Waals surface area contributed by atoms with Crippen molar-refractivity contribution in [1.29, 1.82) is 0 Å². The maximum atomic E-state index is 10.4. The molecule has 0 spiro atoms. The van der Waals surface area contributed by atoms with Crippen LogP contribution < -0.4 is 0 Å². The van der Waals surface area contributed by atoms with E-state index in [-0.39, 0.29) is 0 Å². The molecule has 0 bridgehead atoms. The molecule has 1 atom stereocenters. The van der Waals surface area contributed by atoms with Crippen molar-refractivity contribution >= 4 is 12.3 Å². The summed E-state index contributed by atoms with van der Waals surface area (Å²) >= 11 is 0. The highest BCUT2D eigenvalue weighted by atomic mass is 16.4. The normalized spacial score (nSPS) is 15.8. The van der Waals surface area contributed by atoms with Gasteiger partial charge in [0.05, 0.1) is 0 Å². The van der Waals surface area contributed by atoms with Crippen LogP contribution in [0.25, 0.3) is 0 Å². The van der Waals surface area contributed by atoms with Crippen molar-refractivity contribution in [3.8, 4) is 0 Å². The lowest BCUT2D eigenvalue weighted by Gasteiger charge is -2.15. The van der Waals surface area contributed by atoms with Crippen molar-refractivity contribution in [2.24, 2.45) is 5.41 Å². The first-order chi connectivity index (χ1) is 4.56. The Morgan fingerprint density at radius 1 is 1.70 bits per heavy atom. The van der Waals surface area contributed by atoms with Crippen LogP contribution in [-0.4, -0.2) is 17.4 Å². The summed E-state index contributed by atoms with van der Waals surface area (Å²) < 4.78 is 0. The summed E-state index contributed by atoms with van der Waals surface area (Å²) in [7, 11) is 0. The quantitative estimate of drug-likeness (QED) is 0.474. The van der Waals surface area contributed by atoms with Crippen LogP contribution in [0.5, 0.6) is 0 Å². The van der Waals surface area contributed by atoms with E-state index < -0.39 is 11.4 Å². The Labute approximate surface area is 60.0 Å². The van der Waals surface area contributed by atoms with Gasteiger partial charge in [0, 0.05) is 0 Å². The molecule has 3 nitrogen and oxygen atoms in total. The molecule has 0 aromatic heterocycles. The highest BCUT2D eigenvalue weighted by Crippen LogP contribution is 2.19. The highest BCUT2D eigenvalue weighted by molar-refractivity contribution is 5.91. The van der Waals surface area contributed by atoms with Crippen molar-refractivity contribution in [3.63, 3.8) is 0 Å². The van der Waals surface area contributed by atoms with E-state index in [9.17, 15) is 9.59 Å². The molecule has 0 rings (SSSR count). The predicted molar refractivity (Wildman–Crippen MR) is 36.7 cm³/mol. The first-order valence-corrected chi connectivity index (χ1v) is 3.26. The van der Waals surface area contributed by atoms with Crippen LogP contribution >= 0.6 is 0 Å². The molecule has 0 aliphatic rings. The molecular weight excluding hydrogens is 132 g/mol. The van der Waals surface area contributed by atoms with E-state index in [4.69, 9.17) is 5.11 Å². The average molecular weight is 144 g/mol. The zero-order valence-electron chi connectivity index (χ0n) is 6.26. The first kappa shape index (κ1) is 9.14. The van der Waals surface area contributed by atoms with Crippen LogP contribution in [0.1, 0.15) is 26.7 Å². The molecule has 0 fully saturated rings. The van der Waals surface area contributed by atoms with Gasteiger partial charge in [-0.15, -0.1) is 0 Å². The summed E-state index contributed by atoms with van der Waals surface area (Å²) in [5, 5.41) is 8.53. The smallest absolute Gasteiger partial charge is 0.316 e. The Morgan fingerprint density at radius 3 is 2.30 bits per heavy atom. The van der Waals surface area contributed by atoms with Gasteiger partial charge in [0.1, 0.15) is 11.7 Å². The fourth-order valence-corrected chi connectivity index (χ4v) is 0.736. The molecule has 0 saturated heterocycles. The standard InChI is InChI=1S/C7H12O3/c1-3-4-7(2,5-8)6(9)10/h5H,3-4H2,1-2H3,(H,9,10). The second-order valence-electron chi connectivity index (χ2n) is 2.59. The number of rotatable bonds is 4. The fourth-order valence-electron chi connectivity index (χ4n) is 0.736. The SMILES string of the molecule is CCCC(C)(C=O)C(=O)O. The van der Waals surface area contributed by atoms with Gasteiger partial charge < -0.3 is 9.90 Å². The maximum absolute atomic E-state index is 10.4. The van der Waals surface area contributed by atoms with Crippen LogP contribution in [0.15, 0.2) is 0 Å². The van der Waals surface area contributed by atoms with Crippen molar-refractivity contribution < 1.29 is 14.7 Å². The topological polar surface area (TPSA) is 54.4 Å². The van der Waals surface area contributed by atoms with Gasteiger partial charge in [-0.2, -0.15) is 0 Å². The van der Waals surface area contributed by atoms with Gasteiger partial charge in [0.2, 0.25) is 0 Å². The van der Waals surface area contributed by atoms with Crippen molar-refractivity contribution in [3.05, 3.63) is 0 Å². The van der Waals surface area contributed by atoms with Crippen LogP contribution in [-0.2, 0) is 9.59 Å². The van der Waals surface area contributed by atoms with Crippen LogP contribution in [0, 0.1) is 5.41 Å². The summed E-state index contributed by atoms with van der Waals surface area (Å²) in [5.74, 6) is -1.04. The molecule has 0 amide bonds. The molecule has 0 aliphatic heterocycles. The van der Waals surface area contributed by atoms with Gasteiger partial charge >= 0.3 is 5.97 Å². The van der Waals surface area contributed by atoms with Gasteiger partial charge in [-0.25, -0.2) is 0 Å². The Balaban J connectivity index is 4.22. The van der Waals surface area contributed by atoms with Gasteiger partial charge in [-0.05, 0) is 13.3 Å². The Kier molecular flexibility index (Phi) is 3.06. The molecule has 1 N–H and O–H groups in total. The average Bonchev–Trinajstić information content (AvgIpc) is 1.88. The molecule has 0 saturated carbocycles. The number of aldehydes is 1. The van der Waals surface area contributed by atoms with Crippen molar-refractivity contribution in [2.75, 3.05) is 0 Å². The number of carboxylic acids is 1. The van der Waals surface area contributed by atoms with Crippen LogP contribution in [0.3, 0.4) is 0 Å². The molecule has 10 heavy (non-hydrogen) atoms.